The fourth-order valence-electron chi connectivity index (χ4n) is 1.64. The molecule has 1 amide bonds. The molecule has 7 heteroatoms. The van der Waals surface area contributed by atoms with E-state index < -0.39 is 6.36 Å². The quantitative estimate of drug-likeness (QED) is 0.846. The second-order valence-electron chi connectivity index (χ2n) is 4.60. The van der Waals surface area contributed by atoms with Crippen LogP contribution in [0.4, 0.5) is 18.9 Å². The molecule has 0 spiro atoms. The second kappa shape index (κ2) is 6.13. The molecule has 0 heterocycles. The molecule has 110 valence electrons. The summed E-state index contributed by atoms with van der Waals surface area (Å²) in [5, 5.41) is 5.81. The lowest BCUT2D eigenvalue weighted by Crippen LogP contribution is -2.23. The molecule has 1 aliphatic carbocycles. The summed E-state index contributed by atoms with van der Waals surface area (Å²) in [7, 11) is 0. The Hall–Kier alpha value is -1.76. The SMILES string of the molecule is O=C(CCNC1CC1)Nc1ccc(OC(F)(F)F)cc1. The zero-order chi connectivity index (χ0) is 14.6. The summed E-state index contributed by atoms with van der Waals surface area (Å²) in [6.07, 6.45) is -2.07. The molecule has 1 aliphatic rings. The number of amides is 1. The third-order valence-electron chi connectivity index (χ3n) is 2.73. The van der Waals surface area contributed by atoms with E-state index in [1.165, 1.54) is 12.1 Å². The van der Waals surface area contributed by atoms with Crippen molar-refractivity contribution in [2.75, 3.05) is 11.9 Å². The molecule has 0 aliphatic heterocycles. The molecular formula is C13H15F3N2O2. The first-order chi connectivity index (χ1) is 9.42. The Morgan fingerprint density at radius 1 is 1.25 bits per heavy atom. The Morgan fingerprint density at radius 3 is 2.45 bits per heavy atom. The van der Waals surface area contributed by atoms with Crippen molar-refractivity contribution < 1.29 is 22.7 Å². The number of rotatable bonds is 6. The summed E-state index contributed by atoms with van der Waals surface area (Å²) in [5.74, 6) is -0.492. The Kier molecular flexibility index (Phi) is 4.49. The summed E-state index contributed by atoms with van der Waals surface area (Å²) < 4.78 is 39.6. The van der Waals surface area contributed by atoms with Crippen molar-refractivity contribution in [3.05, 3.63) is 24.3 Å². The smallest absolute Gasteiger partial charge is 0.406 e. The van der Waals surface area contributed by atoms with Crippen LogP contribution in [-0.2, 0) is 4.79 Å². The molecule has 0 aromatic heterocycles. The van der Waals surface area contributed by atoms with Crippen LogP contribution in [0.5, 0.6) is 5.75 Å². The van der Waals surface area contributed by atoms with Gasteiger partial charge in [0.1, 0.15) is 5.75 Å². The summed E-state index contributed by atoms with van der Waals surface area (Å²) in [4.78, 5) is 11.6. The van der Waals surface area contributed by atoms with E-state index in [1.54, 1.807) is 0 Å². The molecular weight excluding hydrogens is 273 g/mol. The summed E-state index contributed by atoms with van der Waals surface area (Å²) in [5.41, 5.74) is 0.441. The molecule has 20 heavy (non-hydrogen) atoms. The average molecular weight is 288 g/mol. The monoisotopic (exact) mass is 288 g/mol. The Bertz CT molecular complexity index is 456. The number of carbonyl (C=O) groups is 1. The van der Waals surface area contributed by atoms with Crippen molar-refractivity contribution in [3.8, 4) is 5.75 Å². The van der Waals surface area contributed by atoms with Crippen LogP contribution in [-0.4, -0.2) is 24.9 Å². The molecule has 1 aromatic rings. The number of hydrogen-bond acceptors (Lipinski definition) is 3. The fourth-order valence-corrected chi connectivity index (χ4v) is 1.64. The summed E-state index contributed by atoms with van der Waals surface area (Å²) in [6.45, 7) is 0.603. The lowest BCUT2D eigenvalue weighted by atomic mass is 10.3. The van der Waals surface area contributed by atoms with Crippen LogP contribution in [0.1, 0.15) is 19.3 Å². The largest absolute Gasteiger partial charge is 0.573 e. The number of hydrogen-bond donors (Lipinski definition) is 2. The average Bonchev–Trinajstić information content (AvgIpc) is 3.14. The number of carbonyl (C=O) groups excluding carboxylic acids is 1. The Labute approximate surface area is 114 Å². The molecule has 0 unspecified atom stereocenters. The Morgan fingerprint density at radius 2 is 1.90 bits per heavy atom. The van der Waals surface area contributed by atoms with E-state index in [0.717, 1.165) is 25.0 Å². The van der Waals surface area contributed by atoms with Crippen LogP contribution in [0.3, 0.4) is 0 Å². The van der Waals surface area contributed by atoms with Crippen LogP contribution in [0, 0.1) is 0 Å². The number of halogens is 3. The molecule has 1 saturated carbocycles. The standard InChI is InChI=1S/C13H15F3N2O2/c14-13(15,16)20-11-5-3-10(4-6-11)18-12(19)7-8-17-9-1-2-9/h3-6,9,17H,1-2,7-8H2,(H,18,19). The van der Waals surface area contributed by atoms with Gasteiger partial charge < -0.3 is 15.4 Å². The fraction of sp³-hybridized carbons (Fsp3) is 0.462. The van der Waals surface area contributed by atoms with Crippen molar-refractivity contribution in [2.24, 2.45) is 0 Å². The summed E-state index contributed by atoms with van der Waals surface area (Å²) in [6, 6.07) is 5.60. The van der Waals surface area contributed by atoms with Gasteiger partial charge in [0.2, 0.25) is 5.91 Å². The van der Waals surface area contributed by atoms with Gasteiger partial charge in [-0.2, -0.15) is 0 Å². The van der Waals surface area contributed by atoms with Crippen LogP contribution in [0.2, 0.25) is 0 Å². The highest BCUT2D eigenvalue weighted by Crippen LogP contribution is 2.24. The van der Waals surface area contributed by atoms with Crippen molar-refractivity contribution in [3.63, 3.8) is 0 Å². The third-order valence-corrected chi connectivity index (χ3v) is 2.73. The molecule has 0 saturated heterocycles. The Balaban J connectivity index is 1.75. The van der Waals surface area contributed by atoms with Crippen LogP contribution in [0.25, 0.3) is 0 Å². The van der Waals surface area contributed by atoms with E-state index in [0.29, 0.717) is 24.7 Å². The first-order valence-corrected chi connectivity index (χ1v) is 6.31. The maximum Gasteiger partial charge on any atom is 0.573 e. The first kappa shape index (κ1) is 14.6. The van der Waals surface area contributed by atoms with Gasteiger partial charge in [0, 0.05) is 24.7 Å². The van der Waals surface area contributed by atoms with E-state index in [4.69, 9.17) is 0 Å². The van der Waals surface area contributed by atoms with Crippen molar-refractivity contribution in [2.45, 2.75) is 31.7 Å². The highest BCUT2D eigenvalue weighted by atomic mass is 19.4. The van der Waals surface area contributed by atoms with Crippen LogP contribution in [0.15, 0.2) is 24.3 Å². The van der Waals surface area contributed by atoms with Crippen LogP contribution < -0.4 is 15.4 Å². The van der Waals surface area contributed by atoms with Gasteiger partial charge >= 0.3 is 6.36 Å². The molecule has 1 aromatic carbocycles. The van der Waals surface area contributed by atoms with E-state index in [9.17, 15) is 18.0 Å². The van der Waals surface area contributed by atoms with E-state index in [-0.39, 0.29) is 11.7 Å². The number of anilines is 1. The van der Waals surface area contributed by atoms with E-state index >= 15 is 0 Å². The highest BCUT2D eigenvalue weighted by Gasteiger charge is 2.30. The molecule has 0 atom stereocenters. The lowest BCUT2D eigenvalue weighted by Gasteiger charge is -2.10. The highest BCUT2D eigenvalue weighted by molar-refractivity contribution is 5.90. The van der Waals surface area contributed by atoms with Gasteiger partial charge in [0.05, 0.1) is 0 Å². The van der Waals surface area contributed by atoms with Gasteiger partial charge in [0.25, 0.3) is 0 Å². The molecule has 2 N–H and O–H groups in total. The lowest BCUT2D eigenvalue weighted by molar-refractivity contribution is -0.274. The summed E-state index contributed by atoms with van der Waals surface area (Å²) >= 11 is 0. The number of benzene rings is 1. The van der Waals surface area contributed by atoms with Gasteiger partial charge in [-0.25, -0.2) is 0 Å². The van der Waals surface area contributed by atoms with E-state index in [2.05, 4.69) is 15.4 Å². The van der Waals surface area contributed by atoms with Crippen molar-refractivity contribution >= 4 is 11.6 Å². The van der Waals surface area contributed by atoms with Gasteiger partial charge in [-0.3, -0.25) is 4.79 Å². The minimum absolute atomic E-state index is 0.178. The number of ether oxygens (including phenoxy) is 1. The number of nitrogens with one attached hydrogen (secondary N) is 2. The normalized spacial score (nSPS) is 14.9. The molecule has 4 nitrogen and oxygen atoms in total. The molecule has 1 fully saturated rings. The van der Waals surface area contributed by atoms with E-state index in [1.807, 2.05) is 0 Å². The second-order valence-corrected chi connectivity index (χ2v) is 4.60. The maximum absolute atomic E-state index is 12.0. The molecule has 0 bridgehead atoms. The van der Waals surface area contributed by atoms with Gasteiger partial charge in [-0.15, -0.1) is 13.2 Å². The molecule has 2 rings (SSSR count). The zero-order valence-electron chi connectivity index (χ0n) is 10.7. The van der Waals surface area contributed by atoms with Crippen molar-refractivity contribution in [1.29, 1.82) is 0 Å². The first-order valence-electron chi connectivity index (χ1n) is 6.31. The minimum atomic E-state index is -4.71. The van der Waals surface area contributed by atoms with Crippen LogP contribution >= 0.6 is 0 Å². The maximum atomic E-state index is 12.0. The molecule has 0 radical (unpaired) electrons. The third kappa shape index (κ3) is 5.48. The number of alkyl halides is 3. The van der Waals surface area contributed by atoms with Crippen molar-refractivity contribution in [1.82, 2.24) is 5.32 Å². The minimum Gasteiger partial charge on any atom is -0.406 e. The zero-order valence-corrected chi connectivity index (χ0v) is 10.7. The predicted octanol–water partition coefficient (Wildman–Crippen LogP) is 2.67. The van der Waals surface area contributed by atoms with Gasteiger partial charge in [0.15, 0.2) is 0 Å². The van der Waals surface area contributed by atoms with Gasteiger partial charge in [-0.1, -0.05) is 0 Å². The van der Waals surface area contributed by atoms with Gasteiger partial charge in [-0.05, 0) is 37.1 Å². The predicted molar refractivity (Wildman–Crippen MR) is 67.4 cm³/mol. The topological polar surface area (TPSA) is 50.4 Å².